The maximum absolute atomic E-state index is 5.40. The summed E-state index contributed by atoms with van der Waals surface area (Å²) in [6.07, 6.45) is 6.55. The molecule has 0 unspecified atom stereocenters. The minimum atomic E-state index is 0. The number of rotatable bonds is 10. The van der Waals surface area contributed by atoms with Crippen molar-refractivity contribution in [1.29, 1.82) is 0 Å². The van der Waals surface area contributed by atoms with Crippen LogP contribution in [0.25, 0.3) is 0 Å². The molecule has 2 aromatic rings. The maximum Gasteiger partial charge on any atom is 0.203 e. The summed E-state index contributed by atoms with van der Waals surface area (Å²) in [6, 6.07) is 3.82. The number of hydrogen-bond acceptors (Lipinski definition) is 5. The van der Waals surface area contributed by atoms with E-state index in [-0.39, 0.29) is 24.0 Å². The van der Waals surface area contributed by atoms with Crippen molar-refractivity contribution in [1.82, 2.24) is 20.2 Å². The van der Waals surface area contributed by atoms with E-state index < -0.39 is 0 Å². The van der Waals surface area contributed by atoms with Gasteiger partial charge in [0.25, 0.3) is 0 Å². The van der Waals surface area contributed by atoms with Crippen molar-refractivity contribution in [3.8, 4) is 17.2 Å². The van der Waals surface area contributed by atoms with Crippen LogP contribution >= 0.6 is 24.0 Å². The Bertz CT molecular complexity index is 697. The lowest BCUT2D eigenvalue weighted by Crippen LogP contribution is -2.38. The first-order valence-electron chi connectivity index (χ1n) is 8.98. The fourth-order valence-electron chi connectivity index (χ4n) is 2.63. The number of methoxy groups -OCH3 is 3. The molecule has 0 aliphatic carbocycles. The largest absolute Gasteiger partial charge is 0.493 e. The lowest BCUT2D eigenvalue weighted by Gasteiger charge is -2.14. The van der Waals surface area contributed by atoms with E-state index in [9.17, 15) is 0 Å². The fraction of sp³-hybridized carbons (Fsp3) is 0.474. The highest BCUT2D eigenvalue weighted by molar-refractivity contribution is 14.0. The van der Waals surface area contributed by atoms with Crippen molar-refractivity contribution < 1.29 is 14.2 Å². The maximum atomic E-state index is 5.40. The summed E-state index contributed by atoms with van der Waals surface area (Å²) in [5.74, 6) is 2.61. The molecule has 0 spiro atoms. The zero-order chi connectivity index (χ0) is 19.5. The molecule has 0 atom stereocenters. The van der Waals surface area contributed by atoms with Crippen LogP contribution in [0.2, 0.25) is 0 Å². The molecular weight excluding hydrogens is 473 g/mol. The van der Waals surface area contributed by atoms with E-state index in [0.717, 1.165) is 37.6 Å². The summed E-state index contributed by atoms with van der Waals surface area (Å²) in [7, 11) is 4.81. The van der Waals surface area contributed by atoms with Crippen molar-refractivity contribution in [3.05, 3.63) is 36.4 Å². The number of hydrogen-bond donors (Lipinski definition) is 2. The number of benzene rings is 1. The summed E-state index contributed by atoms with van der Waals surface area (Å²) >= 11 is 0. The quantitative estimate of drug-likeness (QED) is 0.225. The van der Waals surface area contributed by atoms with Gasteiger partial charge in [0.15, 0.2) is 17.5 Å². The van der Waals surface area contributed by atoms with E-state index in [0.29, 0.717) is 23.8 Å². The number of aromatic nitrogens is 2. The second-order valence-electron chi connectivity index (χ2n) is 5.81. The number of nitrogens with zero attached hydrogens (tertiary/aromatic N) is 3. The Morgan fingerprint density at radius 2 is 1.82 bits per heavy atom. The Hall–Kier alpha value is -2.17. The average Bonchev–Trinajstić information content (AvgIpc) is 3.21. The van der Waals surface area contributed by atoms with Crippen LogP contribution < -0.4 is 24.8 Å². The number of nitrogens with one attached hydrogen (secondary N) is 2. The zero-order valence-electron chi connectivity index (χ0n) is 16.9. The molecule has 28 heavy (non-hydrogen) atoms. The second-order valence-corrected chi connectivity index (χ2v) is 5.81. The van der Waals surface area contributed by atoms with Gasteiger partial charge in [0, 0.05) is 32.0 Å². The monoisotopic (exact) mass is 503 g/mol. The minimum Gasteiger partial charge on any atom is -0.493 e. The topological polar surface area (TPSA) is 81.9 Å². The molecule has 0 saturated heterocycles. The third-order valence-corrected chi connectivity index (χ3v) is 3.93. The molecule has 0 bridgehead atoms. The Kier molecular flexibility index (Phi) is 11.2. The fourth-order valence-corrected chi connectivity index (χ4v) is 2.63. The van der Waals surface area contributed by atoms with Crippen molar-refractivity contribution in [3.63, 3.8) is 0 Å². The first-order chi connectivity index (χ1) is 13.2. The van der Waals surface area contributed by atoms with Crippen LogP contribution in [-0.4, -0.2) is 49.9 Å². The van der Waals surface area contributed by atoms with Crippen molar-refractivity contribution >= 4 is 29.9 Å². The molecule has 9 heteroatoms. The Morgan fingerprint density at radius 3 is 2.36 bits per heavy atom. The number of imidazole rings is 1. The second kappa shape index (κ2) is 13.1. The number of aryl methyl sites for hydroxylation is 1. The Balaban J connectivity index is 0.00000392. The molecule has 1 heterocycles. The molecule has 0 saturated carbocycles. The molecule has 2 rings (SSSR count). The number of aliphatic imine (C=N–C) groups is 1. The van der Waals surface area contributed by atoms with Gasteiger partial charge in [0.2, 0.25) is 5.75 Å². The minimum absolute atomic E-state index is 0. The lowest BCUT2D eigenvalue weighted by molar-refractivity contribution is 0.324. The van der Waals surface area contributed by atoms with Crippen LogP contribution in [0, 0.1) is 0 Å². The Labute approximate surface area is 183 Å². The zero-order valence-corrected chi connectivity index (χ0v) is 19.2. The summed E-state index contributed by atoms with van der Waals surface area (Å²) in [5.41, 5.74) is 0.972. The van der Waals surface area contributed by atoms with Gasteiger partial charge in [-0.15, -0.1) is 24.0 Å². The van der Waals surface area contributed by atoms with E-state index >= 15 is 0 Å². The van der Waals surface area contributed by atoms with Gasteiger partial charge in [0.1, 0.15) is 0 Å². The number of guanidine groups is 1. The van der Waals surface area contributed by atoms with Crippen LogP contribution in [0.4, 0.5) is 0 Å². The van der Waals surface area contributed by atoms with Crippen molar-refractivity contribution in [2.45, 2.75) is 26.4 Å². The van der Waals surface area contributed by atoms with E-state index in [1.54, 1.807) is 27.5 Å². The molecule has 0 aliphatic rings. The van der Waals surface area contributed by atoms with E-state index in [4.69, 9.17) is 14.2 Å². The van der Waals surface area contributed by atoms with Gasteiger partial charge >= 0.3 is 0 Å². The van der Waals surface area contributed by atoms with Crippen LogP contribution in [-0.2, 0) is 13.1 Å². The molecule has 0 fully saturated rings. The third kappa shape index (κ3) is 7.10. The first-order valence-corrected chi connectivity index (χ1v) is 8.98. The van der Waals surface area contributed by atoms with Crippen LogP contribution in [0.15, 0.2) is 35.8 Å². The predicted octanol–water partition coefficient (Wildman–Crippen LogP) is 2.67. The third-order valence-electron chi connectivity index (χ3n) is 3.93. The molecule has 0 aliphatic heterocycles. The van der Waals surface area contributed by atoms with Gasteiger partial charge in [0.05, 0.1) is 34.2 Å². The van der Waals surface area contributed by atoms with Crippen LogP contribution in [0.3, 0.4) is 0 Å². The van der Waals surface area contributed by atoms with Gasteiger partial charge in [-0.3, -0.25) is 0 Å². The SMILES string of the molecule is CCNC(=NCc1cc(OC)c(OC)c(OC)c1)NCCCn1ccnc1.I. The van der Waals surface area contributed by atoms with Gasteiger partial charge < -0.3 is 29.4 Å². The van der Waals surface area contributed by atoms with Gasteiger partial charge in [-0.25, -0.2) is 9.98 Å². The first kappa shape index (κ1) is 23.9. The number of halogens is 1. The highest BCUT2D eigenvalue weighted by atomic mass is 127. The average molecular weight is 503 g/mol. The Morgan fingerprint density at radius 1 is 1.11 bits per heavy atom. The summed E-state index contributed by atoms with van der Waals surface area (Å²) in [6.45, 7) is 5.07. The molecule has 156 valence electrons. The van der Waals surface area contributed by atoms with Crippen molar-refractivity contribution in [2.75, 3.05) is 34.4 Å². The van der Waals surface area contributed by atoms with Crippen LogP contribution in [0.5, 0.6) is 17.2 Å². The van der Waals surface area contributed by atoms with Gasteiger partial charge in [-0.1, -0.05) is 0 Å². The summed E-state index contributed by atoms with van der Waals surface area (Å²) in [5, 5.41) is 6.61. The molecule has 1 aromatic heterocycles. The lowest BCUT2D eigenvalue weighted by atomic mass is 10.2. The summed E-state index contributed by atoms with van der Waals surface area (Å²) in [4.78, 5) is 8.69. The smallest absolute Gasteiger partial charge is 0.203 e. The van der Waals surface area contributed by atoms with Gasteiger partial charge in [-0.05, 0) is 31.0 Å². The molecule has 2 N–H and O–H groups in total. The molecule has 1 aromatic carbocycles. The van der Waals surface area contributed by atoms with Gasteiger partial charge in [-0.2, -0.15) is 0 Å². The highest BCUT2D eigenvalue weighted by Gasteiger charge is 2.13. The molecular formula is C19H30IN5O3. The van der Waals surface area contributed by atoms with Crippen molar-refractivity contribution in [2.24, 2.45) is 4.99 Å². The molecule has 0 amide bonds. The summed E-state index contributed by atoms with van der Waals surface area (Å²) < 4.78 is 18.2. The standard InChI is InChI=1S/C19H29N5O3.HI/c1-5-21-19(22-7-6-9-24-10-8-20-14-24)23-13-15-11-16(25-2)18(27-4)17(12-15)26-3;/h8,10-12,14H,5-7,9,13H2,1-4H3,(H2,21,22,23);1H. The van der Waals surface area contributed by atoms with Crippen LogP contribution in [0.1, 0.15) is 18.9 Å². The van der Waals surface area contributed by atoms with E-state index in [1.807, 2.05) is 31.6 Å². The van der Waals surface area contributed by atoms with E-state index in [2.05, 4.69) is 25.2 Å². The predicted molar refractivity (Wildman–Crippen MR) is 121 cm³/mol. The molecule has 0 radical (unpaired) electrons. The number of ether oxygens (including phenoxy) is 3. The normalized spacial score (nSPS) is 10.8. The molecule has 8 nitrogen and oxygen atoms in total. The highest BCUT2D eigenvalue weighted by Crippen LogP contribution is 2.38. The van der Waals surface area contributed by atoms with E-state index in [1.165, 1.54) is 0 Å².